The van der Waals surface area contributed by atoms with Crippen molar-refractivity contribution in [2.45, 2.75) is 13.5 Å². The molecule has 5 heteroatoms. The van der Waals surface area contributed by atoms with Crippen molar-refractivity contribution < 1.29 is 8.78 Å². The van der Waals surface area contributed by atoms with Crippen molar-refractivity contribution in [3.63, 3.8) is 0 Å². The van der Waals surface area contributed by atoms with E-state index in [1.165, 1.54) is 0 Å². The molecule has 0 fully saturated rings. The Labute approximate surface area is 111 Å². The lowest BCUT2D eigenvalue weighted by Gasteiger charge is -2.08. The molecule has 1 aromatic carbocycles. The highest BCUT2D eigenvalue weighted by atomic mass is 79.9. The van der Waals surface area contributed by atoms with E-state index in [1.54, 1.807) is 11.3 Å². The number of hydrogen-bond acceptors (Lipinski definition) is 2. The van der Waals surface area contributed by atoms with Gasteiger partial charge in [-0.1, -0.05) is 0 Å². The molecule has 2 aromatic rings. The number of rotatable bonds is 3. The van der Waals surface area contributed by atoms with E-state index in [4.69, 9.17) is 0 Å². The first-order valence-electron chi connectivity index (χ1n) is 4.99. The van der Waals surface area contributed by atoms with E-state index in [2.05, 4.69) is 21.2 Å². The number of hydrogen-bond donors (Lipinski definition) is 1. The highest BCUT2D eigenvalue weighted by molar-refractivity contribution is 9.10. The number of aryl methyl sites for hydroxylation is 1. The number of nitrogens with one attached hydrogen (secondary N) is 1. The van der Waals surface area contributed by atoms with Crippen molar-refractivity contribution in [2.75, 3.05) is 5.32 Å². The summed E-state index contributed by atoms with van der Waals surface area (Å²) >= 11 is 4.53. The smallest absolute Gasteiger partial charge is 0.147 e. The summed E-state index contributed by atoms with van der Waals surface area (Å²) < 4.78 is 26.9. The molecule has 1 nitrogen and oxygen atoms in total. The first kappa shape index (κ1) is 12.5. The minimum absolute atomic E-state index is 0.132. The Bertz CT molecular complexity index is 539. The van der Waals surface area contributed by atoms with Crippen LogP contribution in [0.3, 0.4) is 0 Å². The second kappa shape index (κ2) is 5.14. The second-order valence-corrected chi connectivity index (χ2v) is 5.48. The molecule has 90 valence electrons. The van der Waals surface area contributed by atoms with Gasteiger partial charge in [0.15, 0.2) is 0 Å². The molecule has 17 heavy (non-hydrogen) atoms. The van der Waals surface area contributed by atoms with Crippen molar-refractivity contribution in [3.8, 4) is 0 Å². The van der Waals surface area contributed by atoms with E-state index in [9.17, 15) is 8.78 Å². The van der Waals surface area contributed by atoms with E-state index in [1.807, 2.05) is 18.4 Å². The monoisotopic (exact) mass is 317 g/mol. The van der Waals surface area contributed by atoms with Crippen LogP contribution in [0.4, 0.5) is 14.5 Å². The zero-order chi connectivity index (χ0) is 12.4. The first-order valence-corrected chi connectivity index (χ1v) is 6.66. The van der Waals surface area contributed by atoms with Crippen LogP contribution in [0.5, 0.6) is 0 Å². The quantitative estimate of drug-likeness (QED) is 0.808. The molecule has 0 bridgehead atoms. The average Bonchev–Trinajstić information content (AvgIpc) is 2.68. The normalized spacial score (nSPS) is 10.6. The highest BCUT2D eigenvalue weighted by Crippen LogP contribution is 2.24. The van der Waals surface area contributed by atoms with Crippen LogP contribution >= 0.6 is 27.3 Å². The molecule has 2 rings (SSSR count). The van der Waals surface area contributed by atoms with Crippen LogP contribution < -0.4 is 5.32 Å². The van der Waals surface area contributed by atoms with Gasteiger partial charge in [0.1, 0.15) is 11.6 Å². The van der Waals surface area contributed by atoms with Gasteiger partial charge in [0.05, 0.1) is 10.2 Å². The molecule has 0 aliphatic carbocycles. The lowest BCUT2D eigenvalue weighted by Crippen LogP contribution is -2.01. The average molecular weight is 318 g/mol. The van der Waals surface area contributed by atoms with Gasteiger partial charge >= 0.3 is 0 Å². The lowest BCUT2D eigenvalue weighted by atomic mass is 10.2. The van der Waals surface area contributed by atoms with Crippen LogP contribution in [-0.2, 0) is 6.54 Å². The Hall–Kier alpha value is -0.940. The third-order valence-electron chi connectivity index (χ3n) is 2.42. The molecule has 0 radical (unpaired) electrons. The van der Waals surface area contributed by atoms with E-state index in [0.717, 1.165) is 22.6 Å². The van der Waals surface area contributed by atoms with Gasteiger partial charge in [-0.25, -0.2) is 8.78 Å². The SMILES string of the molecule is Cc1ccsc1CNc1cc(F)c(Br)cc1F. The fourth-order valence-electron chi connectivity index (χ4n) is 1.42. The number of benzene rings is 1. The Morgan fingerprint density at radius 1 is 1.29 bits per heavy atom. The van der Waals surface area contributed by atoms with E-state index in [-0.39, 0.29) is 10.2 Å². The zero-order valence-electron chi connectivity index (χ0n) is 9.06. The number of halogens is 3. The summed E-state index contributed by atoms with van der Waals surface area (Å²) in [5.74, 6) is -0.940. The van der Waals surface area contributed by atoms with Crippen LogP contribution in [0.15, 0.2) is 28.1 Å². The third kappa shape index (κ3) is 2.84. The van der Waals surface area contributed by atoms with Gasteiger partial charge in [-0.2, -0.15) is 0 Å². The van der Waals surface area contributed by atoms with Crippen molar-refractivity contribution in [3.05, 3.63) is 50.1 Å². The maximum Gasteiger partial charge on any atom is 0.147 e. The first-order chi connectivity index (χ1) is 8.08. The Kier molecular flexibility index (Phi) is 3.79. The summed E-state index contributed by atoms with van der Waals surface area (Å²) in [7, 11) is 0. The van der Waals surface area contributed by atoms with Gasteiger partial charge in [0.2, 0.25) is 0 Å². The van der Waals surface area contributed by atoms with Crippen molar-refractivity contribution >= 4 is 33.0 Å². The minimum atomic E-state index is -0.475. The van der Waals surface area contributed by atoms with Gasteiger partial charge in [-0.05, 0) is 45.9 Å². The molecule has 0 atom stereocenters. The molecule has 0 unspecified atom stereocenters. The maximum absolute atomic E-state index is 13.5. The summed E-state index contributed by atoms with van der Waals surface area (Å²) in [4.78, 5) is 1.12. The van der Waals surface area contributed by atoms with Crippen molar-refractivity contribution in [1.82, 2.24) is 0 Å². The van der Waals surface area contributed by atoms with Crippen molar-refractivity contribution in [2.24, 2.45) is 0 Å². The number of thiophene rings is 1. The summed E-state index contributed by atoms with van der Waals surface area (Å²) in [5, 5.41) is 4.88. The van der Waals surface area contributed by atoms with Crippen LogP contribution in [-0.4, -0.2) is 0 Å². The molecule has 1 aromatic heterocycles. The summed E-state index contributed by atoms with van der Waals surface area (Å²) in [6.45, 7) is 2.49. The molecule has 0 aliphatic heterocycles. The predicted molar refractivity (Wildman–Crippen MR) is 70.4 cm³/mol. The molecular formula is C12H10BrF2NS. The maximum atomic E-state index is 13.5. The zero-order valence-corrected chi connectivity index (χ0v) is 11.5. The summed E-state index contributed by atoms with van der Waals surface area (Å²) in [5.41, 5.74) is 1.33. The molecular weight excluding hydrogens is 308 g/mol. The fraction of sp³-hybridized carbons (Fsp3) is 0.167. The highest BCUT2D eigenvalue weighted by Gasteiger charge is 2.08. The van der Waals surface area contributed by atoms with E-state index >= 15 is 0 Å². The van der Waals surface area contributed by atoms with Crippen molar-refractivity contribution in [1.29, 1.82) is 0 Å². The standard InChI is InChI=1S/C12H10BrF2NS/c1-7-2-3-17-12(7)6-16-11-5-9(14)8(13)4-10(11)15/h2-5,16H,6H2,1H3. The van der Waals surface area contributed by atoms with Crippen LogP contribution in [0.2, 0.25) is 0 Å². The molecule has 1 heterocycles. The molecule has 0 saturated heterocycles. The molecule has 0 aliphatic rings. The minimum Gasteiger partial charge on any atom is -0.378 e. The van der Waals surface area contributed by atoms with Crippen LogP contribution in [0.25, 0.3) is 0 Å². The summed E-state index contributed by atoms with van der Waals surface area (Å²) in [6, 6.07) is 4.28. The van der Waals surface area contributed by atoms with E-state index in [0.29, 0.717) is 6.54 Å². The summed E-state index contributed by atoms with van der Waals surface area (Å²) in [6.07, 6.45) is 0. The Balaban J connectivity index is 2.14. The lowest BCUT2D eigenvalue weighted by molar-refractivity contribution is 0.596. The fourth-order valence-corrected chi connectivity index (χ4v) is 2.58. The third-order valence-corrected chi connectivity index (χ3v) is 4.05. The van der Waals surface area contributed by atoms with Gasteiger partial charge in [0.25, 0.3) is 0 Å². The Morgan fingerprint density at radius 2 is 2.06 bits per heavy atom. The van der Waals surface area contributed by atoms with E-state index < -0.39 is 11.6 Å². The topological polar surface area (TPSA) is 12.0 Å². The number of anilines is 1. The van der Waals surface area contributed by atoms with Gasteiger partial charge in [-0.3, -0.25) is 0 Å². The predicted octanol–water partition coefficient (Wildman–Crippen LogP) is 4.71. The van der Waals surface area contributed by atoms with Gasteiger partial charge < -0.3 is 5.32 Å². The Morgan fingerprint density at radius 3 is 2.71 bits per heavy atom. The molecule has 0 amide bonds. The van der Waals surface area contributed by atoms with Gasteiger partial charge in [-0.15, -0.1) is 11.3 Å². The molecule has 0 spiro atoms. The molecule has 1 N–H and O–H groups in total. The second-order valence-electron chi connectivity index (χ2n) is 3.63. The van der Waals surface area contributed by atoms with Crippen LogP contribution in [0.1, 0.15) is 10.4 Å². The largest absolute Gasteiger partial charge is 0.378 e. The van der Waals surface area contributed by atoms with Gasteiger partial charge in [0, 0.05) is 17.5 Å². The van der Waals surface area contributed by atoms with Crippen LogP contribution in [0, 0.1) is 18.6 Å². The molecule has 0 saturated carbocycles.